The van der Waals surface area contributed by atoms with Gasteiger partial charge in [-0.25, -0.2) is 4.79 Å². The lowest BCUT2D eigenvalue weighted by Gasteiger charge is -2.23. The highest BCUT2D eigenvalue weighted by molar-refractivity contribution is 5.95. The number of nitrogens with two attached hydrogens (primary N) is 1. The fraction of sp³-hybridized carbons (Fsp3) is 0.300. The lowest BCUT2D eigenvalue weighted by molar-refractivity contribution is -0.120. The van der Waals surface area contributed by atoms with Crippen LogP contribution in [0.15, 0.2) is 54.6 Å². The van der Waals surface area contributed by atoms with Crippen LogP contribution < -0.4 is 16.4 Å². The van der Waals surface area contributed by atoms with Crippen molar-refractivity contribution in [1.82, 2.24) is 10.2 Å². The van der Waals surface area contributed by atoms with Gasteiger partial charge in [-0.3, -0.25) is 9.69 Å². The summed E-state index contributed by atoms with van der Waals surface area (Å²) in [5.41, 5.74) is 7.96. The van der Waals surface area contributed by atoms with E-state index >= 15 is 0 Å². The molecule has 0 radical (unpaired) electrons. The molecule has 1 aliphatic heterocycles. The summed E-state index contributed by atoms with van der Waals surface area (Å²) in [4.78, 5) is 25.7. The molecule has 3 rings (SSSR count). The third-order valence-corrected chi connectivity index (χ3v) is 4.58. The molecule has 1 heterocycles. The van der Waals surface area contributed by atoms with Gasteiger partial charge < -0.3 is 16.4 Å². The van der Waals surface area contributed by atoms with Crippen LogP contribution in [0.4, 0.5) is 10.5 Å². The largest absolute Gasteiger partial charge is 0.352 e. The number of urea groups is 1. The number of rotatable bonds is 6. The van der Waals surface area contributed by atoms with Crippen molar-refractivity contribution in [2.24, 2.45) is 5.73 Å². The van der Waals surface area contributed by atoms with Crippen LogP contribution in [0, 0.1) is 0 Å². The molecule has 0 bridgehead atoms. The average molecular weight is 352 g/mol. The van der Waals surface area contributed by atoms with Crippen LogP contribution in [0.3, 0.4) is 0 Å². The molecular formula is C20H24N4O2. The van der Waals surface area contributed by atoms with Gasteiger partial charge in [-0.2, -0.15) is 0 Å². The van der Waals surface area contributed by atoms with Crippen molar-refractivity contribution in [2.45, 2.75) is 32.0 Å². The van der Waals surface area contributed by atoms with E-state index in [1.807, 2.05) is 42.5 Å². The van der Waals surface area contributed by atoms with E-state index in [1.54, 1.807) is 0 Å². The van der Waals surface area contributed by atoms with Crippen LogP contribution in [-0.2, 0) is 17.9 Å². The molecule has 0 spiro atoms. The van der Waals surface area contributed by atoms with E-state index in [0.717, 1.165) is 37.2 Å². The van der Waals surface area contributed by atoms with Crippen LogP contribution in [0.25, 0.3) is 0 Å². The Morgan fingerprint density at radius 2 is 1.77 bits per heavy atom. The number of hydrogen-bond acceptors (Lipinski definition) is 3. The zero-order valence-electron chi connectivity index (χ0n) is 14.7. The third-order valence-electron chi connectivity index (χ3n) is 4.58. The Balaban J connectivity index is 1.57. The fourth-order valence-corrected chi connectivity index (χ4v) is 3.25. The molecule has 6 nitrogen and oxygen atoms in total. The van der Waals surface area contributed by atoms with E-state index in [2.05, 4.69) is 27.7 Å². The second kappa shape index (κ2) is 8.49. The summed E-state index contributed by atoms with van der Waals surface area (Å²) < 4.78 is 0. The molecule has 6 heteroatoms. The van der Waals surface area contributed by atoms with Gasteiger partial charge in [-0.15, -0.1) is 0 Å². The first-order valence-electron chi connectivity index (χ1n) is 8.83. The molecular weight excluding hydrogens is 328 g/mol. The van der Waals surface area contributed by atoms with Crippen LogP contribution >= 0.6 is 0 Å². The Kier molecular flexibility index (Phi) is 5.86. The highest BCUT2D eigenvalue weighted by Crippen LogP contribution is 2.22. The van der Waals surface area contributed by atoms with E-state index in [-0.39, 0.29) is 11.9 Å². The van der Waals surface area contributed by atoms with E-state index in [4.69, 9.17) is 5.73 Å². The summed E-state index contributed by atoms with van der Waals surface area (Å²) >= 11 is 0. The standard InChI is InChI=1S/C20H24N4O2/c21-20(26)22-13-15-8-10-17(11-9-15)23-19(25)18-7-4-12-24(18)14-16-5-2-1-3-6-16/h1-3,5-6,8-11,18H,4,7,12-14H2,(H,23,25)(H3,21,22,26). The zero-order valence-corrected chi connectivity index (χ0v) is 14.7. The van der Waals surface area contributed by atoms with Crippen LogP contribution in [0.2, 0.25) is 0 Å². The first kappa shape index (κ1) is 17.9. The number of carbonyl (C=O) groups excluding carboxylic acids is 2. The quantitative estimate of drug-likeness (QED) is 0.746. The van der Waals surface area contributed by atoms with Crippen molar-refractivity contribution < 1.29 is 9.59 Å². The normalized spacial score (nSPS) is 17.0. The van der Waals surface area contributed by atoms with Crippen LogP contribution in [-0.4, -0.2) is 29.4 Å². The summed E-state index contributed by atoms with van der Waals surface area (Å²) in [6.45, 7) is 2.10. The Bertz CT molecular complexity index is 746. The maximum Gasteiger partial charge on any atom is 0.312 e. The fourth-order valence-electron chi connectivity index (χ4n) is 3.25. The lowest BCUT2D eigenvalue weighted by Crippen LogP contribution is -2.39. The van der Waals surface area contributed by atoms with Crippen molar-refractivity contribution in [1.29, 1.82) is 0 Å². The highest BCUT2D eigenvalue weighted by atomic mass is 16.2. The van der Waals surface area contributed by atoms with E-state index < -0.39 is 6.03 Å². The van der Waals surface area contributed by atoms with Crippen LogP contribution in [0.1, 0.15) is 24.0 Å². The maximum atomic E-state index is 12.7. The van der Waals surface area contributed by atoms with Gasteiger partial charge in [-0.1, -0.05) is 42.5 Å². The molecule has 1 fully saturated rings. The van der Waals surface area contributed by atoms with Crippen molar-refractivity contribution in [3.05, 3.63) is 65.7 Å². The molecule has 1 saturated heterocycles. The summed E-state index contributed by atoms with van der Waals surface area (Å²) in [5.74, 6) is 0.0291. The molecule has 0 aliphatic carbocycles. The van der Waals surface area contributed by atoms with Crippen molar-refractivity contribution in [2.75, 3.05) is 11.9 Å². The number of amides is 3. The molecule has 0 aromatic heterocycles. The van der Waals surface area contributed by atoms with E-state index in [9.17, 15) is 9.59 Å². The lowest BCUT2D eigenvalue weighted by atomic mass is 10.1. The molecule has 1 unspecified atom stereocenters. The molecule has 2 aromatic carbocycles. The minimum Gasteiger partial charge on any atom is -0.352 e. The molecule has 136 valence electrons. The maximum absolute atomic E-state index is 12.7. The zero-order chi connectivity index (χ0) is 18.4. The first-order chi connectivity index (χ1) is 12.6. The van der Waals surface area contributed by atoms with Gasteiger partial charge in [0.25, 0.3) is 0 Å². The topological polar surface area (TPSA) is 87.5 Å². The molecule has 26 heavy (non-hydrogen) atoms. The molecule has 3 amide bonds. The van der Waals surface area contributed by atoms with Crippen molar-refractivity contribution in [3.63, 3.8) is 0 Å². The SMILES string of the molecule is NC(=O)NCc1ccc(NC(=O)C2CCCN2Cc2ccccc2)cc1. The monoisotopic (exact) mass is 352 g/mol. The second-order valence-electron chi connectivity index (χ2n) is 6.52. The summed E-state index contributed by atoms with van der Waals surface area (Å²) in [6, 6.07) is 17.0. The summed E-state index contributed by atoms with van der Waals surface area (Å²) in [7, 11) is 0. The van der Waals surface area contributed by atoms with Gasteiger partial charge >= 0.3 is 6.03 Å². The van der Waals surface area contributed by atoms with Crippen molar-refractivity contribution >= 4 is 17.6 Å². The predicted octanol–water partition coefficient (Wildman–Crippen LogP) is 2.46. The van der Waals surface area contributed by atoms with Gasteiger partial charge in [0.15, 0.2) is 0 Å². The van der Waals surface area contributed by atoms with Gasteiger partial charge in [0.2, 0.25) is 5.91 Å². The smallest absolute Gasteiger partial charge is 0.312 e. The Labute approximate surface area is 153 Å². The molecule has 1 aliphatic rings. The minimum absolute atomic E-state index is 0.0291. The second-order valence-corrected chi connectivity index (χ2v) is 6.52. The number of likely N-dealkylation sites (tertiary alicyclic amines) is 1. The number of nitrogens with zero attached hydrogens (tertiary/aromatic N) is 1. The van der Waals surface area contributed by atoms with Gasteiger partial charge in [0.05, 0.1) is 6.04 Å². The van der Waals surface area contributed by atoms with Crippen LogP contribution in [0.5, 0.6) is 0 Å². The summed E-state index contributed by atoms with van der Waals surface area (Å²) in [5, 5.41) is 5.54. The number of primary amides is 1. The van der Waals surface area contributed by atoms with Gasteiger partial charge in [0, 0.05) is 18.8 Å². The number of hydrogen-bond donors (Lipinski definition) is 3. The van der Waals surface area contributed by atoms with Gasteiger partial charge in [-0.05, 0) is 42.6 Å². The number of benzene rings is 2. The summed E-state index contributed by atoms with van der Waals surface area (Å²) in [6.07, 6.45) is 1.90. The average Bonchev–Trinajstić information content (AvgIpc) is 3.10. The minimum atomic E-state index is -0.554. The highest BCUT2D eigenvalue weighted by Gasteiger charge is 2.30. The molecule has 1 atom stereocenters. The van der Waals surface area contributed by atoms with Crippen molar-refractivity contribution in [3.8, 4) is 0 Å². The van der Waals surface area contributed by atoms with E-state index in [0.29, 0.717) is 6.54 Å². The first-order valence-corrected chi connectivity index (χ1v) is 8.83. The number of carbonyl (C=O) groups is 2. The van der Waals surface area contributed by atoms with Gasteiger partial charge in [0.1, 0.15) is 0 Å². The molecule has 4 N–H and O–H groups in total. The molecule has 2 aromatic rings. The number of nitrogens with one attached hydrogen (secondary N) is 2. The predicted molar refractivity (Wildman–Crippen MR) is 101 cm³/mol. The Morgan fingerprint density at radius 1 is 1.04 bits per heavy atom. The third kappa shape index (κ3) is 4.83. The Morgan fingerprint density at radius 3 is 2.46 bits per heavy atom. The Hall–Kier alpha value is -2.86. The molecule has 0 saturated carbocycles. The number of anilines is 1. The van der Waals surface area contributed by atoms with E-state index in [1.165, 1.54) is 5.56 Å².